The summed E-state index contributed by atoms with van der Waals surface area (Å²) in [5, 5.41) is 0. The summed E-state index contributed by atoms with van der Waals surface area (Å²) in [4.78, 5) is 4.72. The van der Waals surface area contributed by atoms with Crippen LogP contribution in [0.15, 0.2) is 51.6 Å². The van der Waals surface area contributed by atoms with Crippen LogP contribution in [0.4, 0.5) is 0 Å². The van der Waals surface area contributed by atoms with Crippen molar-refractivity contribution >= 4 is 38.1 Å². The summed E-state index contributed by atoms with van der Waals surface area (Å²) in [5.41, 5.74) is 0.934. The summed E-state index contributed by atoms with van der Waals surface area (Å²) in [6.07, 6.45) is 11.4. The largest absolute Gasteiger partial charge is 0.486 e. The highest BCUT2D eigenvalue weighted by Gasteiger charge is 2.14. The molecule has 114 valence electrons. The van der Waals surface area contributed by atoms with E-state index in [9.17, 15) is 0 Å². The maximum Gasteiger partial charge on any atom is 0.134 e. The molecule has 0 fully saturated rings. The molecule has 0 aliphatic carbocycles. The van der Waals surface area contributed by atoms with Gasteiger partial charge < -0.3 is 9.30 Å². The third-order valence-electron chi connectivity index (χ3n) is 3.50. The zero-order valence-corrected chi connectivity index (χ0v) is 15.3. The third-order valence-corrected chi connectivity index (χ3v) is 4.62. The van der Waals surface area contributed by atoms with Crippen molar-refractivity contribution in [2.45, 2.75) is 25.9 Å². The summed E-state index contributed by atoms with van der Waals surface area (Å²) in [6.45, 7) is 2.65. The summed E-state index contributed by atoms with van der Waals surface area (Å²) in [6, 6.07) is 5.87. The zero-order valence-electron chi connectivity index (χ0n) is 12.2. The van der Waals surface area contributed by atoms with E-state index >= 15 is 0 Å². The molecule has 0 N–H and O–H groups in total. The molecule has 0 spiro atoms. The molecule has 3 nitrogen and oxygen atoms in total. The number of nitrogens with zero attached hydrogens (tertiary/aromatic N) is 2. The molecule has 3 rings (SSSR count). The SMILES string of the molecule is CC1CC=CC=Cn2cc(COc3ccc(Br)cc3Br)nc21. The van der Waals surface area contributed by atoms with Gasteiger partial charge in [-0.2, -0.15) is 0 Å². The second kappa shape index (κ2) is 6.84. The first-order valence-corrected chi connectivity index (χ1v) is 8.71. The predicted molar refractivity (Wildman–Crippen MR) is 95.9 cm³/mol. The van der Waals surface area contributed by atoms with Crippen LogP contribution in [-0.2, 0) is 6.61 Å². The number of aromatic nitrogens is 2. The van der Waals surface area contributed by atoms with Crippen LogP contribution in [0.5, 0.6) is 5.75 Å². The Morgan fingerprint density at radius 2 is 2.18 bits per heavy atom. The minimum Gasteiger partial charge on any atom is -0.486 e. The van der Waals surface area contributed by atoms with Crippen molar-refractivity contribution in [2.24, 2.45) is 0 Å². The van der Waals surface area contributed by atoms with Gasteiger partial charge in [0.2, 0.25) is 0 Å². The van der Waals surface area contributed by atoms with E-state index in [0.29, 0.717) is 12.5 Å². The normalized spacial score (nSPS) is 17.0. The van der Waals surface area contributed by atoms with Crippen LogP contribution >= 0.6 is 31.9 Å². The van der Waals surface area contributed by atoms with Crippen LogP contribution in [0.1, 0.15) is 30.8 Å². The number of benzene rings is 1. The molecule has 0 saturated heterocycles. The van der Waals surface area contributed by atoms with Gasteiger partial charge in [-0.15, -0.1) is 0 Å². The van der Waals surface area contributed by atoms with E-state index in [1.165, 1.54) is 0 Å². The van der Waals surface area contributed by atoms with Crippen molar-refractivity contribution in [2.75, 3.05) is 0 Å². The van der Waals surface area contributed by atoms with Crippen LogP contribution in [0.25, 0.3) is 6.20 Å². The molecule has 2 heterocycles. The van der Waals surface area contributed by atoms with Crippen LogP contribution < -0.4 is 4.74 Å². The predicted octanol–water partition coefficient (Wildman–Crippen LogP) is 5.52. The maximum absolute atomic E-state index is 5.87. The Balaban J connectivity index is 1.77. The molecule has 1 aliphatic rings. The minimum absolute atomic E-state index is 0.398. The molecule has 5 heteroatoms. The van der Waals surface area contributed by atoms with E-state index in [0.717, 1.165) is 32.6 Å². The Kier molecular flexibility index (Phi) is 4.84. The number of rotatable bonds is 3. The van der Waals surface area contributed by atoms with E-state index in [1.54, 1.807) is 0 Å². The van der Waals surface area contributed by atoms with E-state index in [1.807, 2.05) is 36.7 Å². The first-order chi connectivity index (χ1) is 10.6. The van der Waals surface area contributed by atoms with E-state index in [-0.39, 0.29) is 0 Å². The van der Waals surface area contributed by atoms with E-state index < -0.39 is 0 Å². The summed E-state index contributed by atoms with van der Waals surface area (Å²) < 4.78 is 9.90. The fourth-order valence-electron chi connectivity index (χ4n) is 2.37. The molecule has 2 aromatic rings. The second-order valence-corrected chi connectivity index (χ2v) is 7.04. The fourth-order valence-corrected chi connectivity index (χ4v) is 3.53. The van der Waals surface area contributed by atoms with E-state index in [2.05, 4.69) is 55.5 Å². The maximum atomic E-state index is 5.87. The number of hydrogen-bond acceptors (Lipinski definition) is 2. The average molecular weight is 424 g/mol. The molecule has 0 amide bonds. The summed E-state index contributed by atoms with van der Waals surface area (Å²) in [7, 11) is 0. The monoisotopic (exact) mass is 422 g/mol. The number of fused-ring (bicyclic) bond motifs is 1. The number of halogens is 2. The topological polar surface area (TPSA) is 27.1 Å². The van der Waals surface area contributed by atoms with Gasteiger partial charge >= 0.3 is 0 Å². The summed E-state index contributed by atoms with van der Waals surface area (Å²) in [5.74, 6) is 2.29. The highest BCUT2D eigenvalue weighted by molar-refractivity contribution is 9.11. The van der Waals surface area contributed by atoms with Crippen molar-refractivity contribution in [1.29, 1.82) is 0 Å². The molecular formula is C17H16Br2N2O. The van der Waals surface area contributed by atoms with Gasteiger partial charge in [-0.25, -0.2) is 4.98 Å². The van der Waals surface area contributed by atoms with Gasteiger partial charge in [0, 0.05) is 22.8 Å². The van der Waals surface area contributed by atoms with Gasteiger partial charge in [0.15, 0.2) is 0 Å². The smallest absolute Gasteiger partial charge is 0.134 e. The Hall–Kier alpha value is -1.33. The van der Waals surface area contributed by atoms with Crippen molar-refractivity contribution in [1.82, 2.24) is 9.55 Å². The molecule has 1 atom stereocenters. The fraction of sp³-hybridized carbons (Fsp3) is 0.235. The molecule has 1 aromatic carbocycles. The standard InChI is InChI=1S/C17H16Br2N2O/c1-12-5-3-2-4-8-21-10-14(20-17(12)21)11-22-16-7-6-13(18)9-15(16)19/h2-4,6-10,12H,5,11H2,1H3. The Bertz CT molecular complexity index is 734. The lowest BCUT2D eigenvalue weighted by Gasteiger charge is -2.10. The molecule has 1 unspecified atom stereocenters. The van der Waals surface area contributed by atoms with Gasteiger partial charge in [0.1, 0.15) is 18.2 Å². The molecule has 1 aliphatic heterocycles. The molecule has 0 saturated carbocycles. The van der Waals surface area contributed by atoms with Gasteiger partial charge in [0.25, 0.3) is 0 Å². The molecule has 1 aromatic heterocycles. The molecule has 0 radical (unpaired) electrons. The second-order valence-electron chi connectivity index (χ2n) is 5.27. The van der Waals surface area contributed by atoms with Crippen molar-refractivity contribution < 1.29 is 4.74 Å². The lowest BCUT2D eigenvalue weighted by atomic mass is 10.1. The Labute approximate surface area is 147 Å². The lowest BCUT2D eigenvalue weighted by Crippen LogP contribution is -2.02. The molecule has 0 bridgehead atoms. The minimum atomic E-state index is 0.398. The number of allylic oxidation sites excluding steroid dienone is 3. The zero-order chi connectivity index (χ0) is 15.5. The average Bonchev–Trinajstić information content (AvgIpc) is 2.87. The molecular weight excluding hydrogens is 408 g/mol. The third kappa shape index (κ3) is 3.52. The van der Waals surface area contributed by atoms with Crippen LogP contribution in [0, 0.1) is 0 Å². The Morgan fingerprint density at radius 3 is 3.00 bits per heavy atom. The van der Waals surface area contributed by atoms with Gasteiger partial charge in [-0.3, -0.25) is 0 Å². The van der Waals surface area contributed by atoms with Crippen LogP contribution in [0.3, 0.4) is 0 Å². The summed E-state index contributed by atoms with van der Waals surface area (Å²) >= 11 is 6.95. The molecule has 22 heavy (non-hydrogen) atoms. The first-order valence-electron chi connectivity index (χ1n) is 7.12. The van der Waals surface area contributed by atoms with Crippen LogP contribution in [-0.4, -0.2) is 9.55 Å². The van der Waals surface area contributed by atoms with Crippen molar-refractivity contribution in [3.8, 4) is 5.75 Å². The lowest BCUT2D eigenvalue weighted by molar-refractivity contribution is 0.299. The van der Waals surface area contributed by atoms with Gasteiger partial charge in [0.05, 0.1) is 10.2 Å². The number of ether oxygens (including phenoxy) is 1. The van der Waals surface area contributed by atoms with Gasteiger partial charge in [-0.1, -0.05) is 35.0 Å². The Morgan fingerprint density at radius 1 is 1.32 bits per heavy atom. The van der Waals surface area contributed by atoms with E-state index in [4.69, 9.17) is 9.72 Å². The quantitative estimate of drug-likeness (QED) is 0.649. The van der Waals surface area contributed by atoms with Crippen LogP contribution in [0.2, 0.25) is 0 Å². The van der Waals surface area contributed by atoms with Gasteiger partial charge in [-0.05, 0) is 46.6 Å². The number of hydrogen-bond donors (Lipinski definition) is 0. The first kappa shape index (κ1) is 15.6. The highest BCUT2D eigenvalue weighted by Crippen LogP contribution is 2.29. The van der Waals surface area contributed by atoms with Crippen molar-refractivity contribution in [3.05, 3.63) is 63.1 Å². The highest BCUT2D eigenvalue weighted by atomic mass is 79.9. The van der Waals surface area contributed by atoms with Crippen molar-refractivity contribution in [3.63, 3.8) is 0 Å². The number of imidazole rings is 1.